The molecule has 0 unspecified atom stereocenters. The number of nitrogen functional groups attached to an aromatic ring is 2. The molecule has 0 bridgehead atoms. The Kier molecular flexibility index (Phi) is 2.77. The second-order valence-corrected chi connectivity index (χ2v) is 4.93. The molecule has 0 saturated heterocycles. The summed E-state index contributed by atoms with van der Waals surface area (Å²) in [6.45, 7) is 0. The summed E-state index contributed by atoms with van der Waals surface area (Å²) in [6, 6.07) is 0.400. The van der Waals surface area contributed by atoms with Gasteiger partial charge in [-0.15, -0.1) is 0 Å². The van der Waals surface area contributed by atoms with Gasteiger partial charge >= 0.3 is 0 Å². The molecule has 1 aliphatic carbocycles. The Morgan fingerprint density at radius 3 is 2.68 bits per heavy atom. The number of rotatable bonds is 2. The van der Waals surface area contributed by atoms with Gasteiger partial charge in [-0.2, -0.15) is 4.98 Å². The van der Waals surface area contributed by atoms with Gasteiger partial charge in [-0.05, 0) is 25.1 Å². The van der Waals surface area contributed by atoms with Crippen LogP contribution < -0.4 is 17.2 Å². The number of nitrogens with zero attached hydrogens (tertiary/aromatic N) is 3. The van der Waals surface area contributed by atoms with Crippen molar-refractivity contribution in [2.75, 3.05) is 11.5 Å². The molecule has 6 heteroatoms. The lowest BCUT2D eigenvalue weighted by Crippen LogP contribution is -2.09. The predicted molar refractivity (Wildman–Crippen MR) is 77.1 cm³/mol. The van der Waals surface area contributed by atoms with Crippen LogP contribution in [0.2, 0.25) is 0 Å². The Morgan fingerprint density at radius 1 is 1.26 bits per heavy atom. The summed E-state index contributed by atoms with van der Waals surface area (Å²) in [5.74, 6) is 0.969. The van der Waals surface area contributed by atoms with Gasteiger partial charge in [0.1, 0.15) is 11.5 Å². The molecule has 100 valence electrons. The average Bonchev–Trinajstić information content (AvgIpc) is 2.98. The molecule has 1 fully saturated rings. The minimum atomic E-state index is 0.271. The first-order chi connectivity index (χ1) is 9.22. The van der Waals surface area contributed by atoms with Crippen LogP contribution in [0.3, 0.4) is 0 Å². The van der Waals surface area contributed by atoms with E-state index in [1.165, 1.54) is 19.0 Å². The molecule has 0 spiro atoms. The van der Waals surface area contributed by atoms with Gasteiger partial charge in [-0.25, -0.2) is 4.98 Å². The number of fused-ring (bicyclic) bond motifs is 1. The zero-order valence-corrected chi connectivity index (χ0v) is 10.7. The van der Waals surface area contributed by atoms with Crippen molar-refractivity contribution in [3.05, 3.63) is 18.0 Å². The minimum absolute atomic E-state index is 0.271. The lowest BCUT2D eigenvalue weighted by Gasteiger charge is -2.15. The Labute approximate surface area is 111 Å². The highest BCUT2D eigenvalue weighted by Crippen LogP contribution is 2.38. The molecule has 2 aromatic rings. The fourth-order valence-electron chi connectivity index (χ4n) is 2.94. The van der Waals surface area contributed by atoms with Gasteiger partial charge in [0.2, 0.25) is 5.95 Å². The maximum atomic E-state index is 6.28. The SMILES string of the molecule is N/C=C\c1c(N)n(C2CCCC2)c2nc(N)ncc12. The third kappa shape index (κ3) is 1.80. The summed E-state index contributed by atoms with van der Waals surface area (Å²) in [7, 11) is 0. The van der Waals surface area contributed by atoms with Gasteiger partial charge in [0.25, 0.3) is 0 Å². The van der Waals surface area contributed by atoms with Crippen LogP contribution in [0, 0.1) is 0 Å². The van der Waals surface area contributed by atoms with Crippen LogP contribution in [-0.2, 0) is 0 Å². The van der Waals surface area contributed by atoms with Crippen molar-refractivity contribution in [2.45, 2.75) is 31.7 Å². The van der Waals surface area contributed by atoms with Crippen LogP contribution in [-0.4, -0.2) is 14.5 Å². The summed E-state index contributed by atoms with van der Waals surface area (Å²) in [4.78, 5) is 8.41. The molecule has 2 aromatic heterocycles. The smallest absolute Gasteiger partial charge is 0.221 e. The van der Waals surface area contributed by atoms with Gasteiger partial charge < -0.3 is 21.8 Å². The van der Waals surface area contributed by atoms with E-state index in [1.807, 2.05) is 0 Å². The quantitative estimate of drug-likeness (QED) is 0.758. The highest BCUT2D eigenvalue weighted by molar-refractivity contribution is 5.93. The zero-order chi connectivity index (χ0) is 13.4. The lowest BCUT2D eigenvalue weighted by atomic mass is 10.2. The van der Waals surface area contributed by atoms with E-state index in [2.05, 4.69) is 14.5 Å². The van der Waals surface area contributed by atoms with E-state index in [0.717, 1.165) is 29.4 Å². The summed E-state index contributed by atoms with van der Waals surface area (Å²) in [6.07, 6.45) is 9.71. The van der Waals surface area contributed by atoms with E-state index in [4.69, 9.17) is 17.2 Å². The van der Waals surface area contributed by atoms with E-state index in [9.17, 15) is 0 Å². The molecule has 6 nitrogen and oxygen atoms in total. The number of hydrogen-bond donors (Lipinski definition) is 3. The topological polar surface area (TPSA) is 109 Å². The van der Waals surface area contributed by atoms with Gasteiger partial charge in [0.05, 0.1) is 0 Å². The van der Waals surface area contributed by atoms with Gasteiger partial charge in [0.15, 0.2) is 0 Å². The highest BCUT2D eigenvalue weighted by atomic mass is 15.2. The van der Waals surface area contributed by atoms with Gasteiger partial charge in [-0.3, -0.25) is 0 Å². The minimum Gasteiger partial charge on any atom is -0.405 e. The molecular formula is C13H18N6. The second kappa shape index (κ2) is 4.46. The lowest BCUT2D eigenvalue weighted by molar-refractivity contribution is 0.538. The molecule has 2 heterocycles. The summed E-state index contributed by atoms with van der Waals surface area (Å²) < 4.78 is 2.09. The Bertz CT molecular complexity index is 636. The number of nitrogens with two attached hydrogens (primary N) is 3. The van der Waals surface area contributed by atoms with Crippen molar-refractivity contribution in [3.63, 3.8) is 0 Å². The molecule has 0 radical (unpaired) electrons. The van der Waals surface area contributed by atoms with Crippen molar-refractivity contribution in [3.8, 4) is 0 Å². The van der Waals surface area contributed by atoms with Crippen molar-refractivity contribution in [1.29, 1.82) is 0 Å². The number of hydrogen-bond acceptors (Lipinski definition) is 5. The van der Waals surface area contributed by atoms with Crippen molar-refractivity contribution in [1.82, 2.24) is 14.5 Å². The largest absolute Gasteiger partial charge is 0.405 e. The van der Waals surface area contributed by atoms with Crippen molar-refractivity contribution >= 4 is 28.9 Å². The average molecular weight is 258 g/mol. The molecule has 0 aromatic carbocycles. The maximum Gasteiger partial charge on any atom is 0.221 e. The Hall–Kier alpha value is -2.24. The van der Waals surface area contributed by atoms with Crippen LogP contribution in [0.1, 0.15) is 37.3 Å². The maximum absolute atomic E-state index is 6.28. The fourth-order valence-corrected chi connectivity index (χ4v) is 2.94. The van der Waals surface area contributed by atoms with E-state index in [0.29, 0.717) is 11.9 Å². The first-order valence-electron chi connectivity index (χ1n) is 6.52. The molecule has 3 rings (SSSR count). The van der Waals surface area contributed by atoms with Gasteiger partial charge in [0, 0.05) is 23.2 Å². The molecule has 19 heavy (non-hydrogen) atoms. The molecule has 0 atom stereocenters. The van der Waals surface area contributed by atoms with Crippen LogP contribution in [0.25, 0.3) is 17.1 Å². The monoisotopic (exact) mass is 258 g/mol. The Balaban J connectivity index is 2.29. The standard InChI is InChI=1S/C13H18N6/c14-6-5-9-10-7-17-13(16)18-12(10)19(11(9)15)8-3-1-2-4-8/h5-8H,1-4,14-15H2,(H2,16,17,18)/b6-5-. The molecule has 6 N–H and O–H groups in total. The molecule has 0 aliphatic heterocycles. The van der Waals surface area contributed by atoms with E-state index >= 15 is 0 Å². The summed E-state index contributed by atoms with van der Waals surface area (Å²) in [5.41, 5.74) is 19.2. The highest BCUT2D eigenvalue weighted by Gasteiger charge is 2.24. The van der Waals surface area contributed by atoms with Crippen LogP contribution >= 0.6 is 0 Å². The first-order valence-corrected chi connectivity index (χ1v) is 6.52. The third-order valence-electron chi connectivity index (χ3n) is 3.79. The van der Waals surface area contributed by atoms with E-state index in [1.54, 1.807) is 12.3 Å². The zero-order valence-electron chi connectivity index (χ0n) is 10.7. The molecular weight excluding hydrogens is 240 g/mol. The molecule has 0 amide bonds. The third-order valence-corrected chi connectivity index (χ3v) is 3.79. The molecule has 1 aliphatic rings. The van der Waals surface area contributed by atoms with Crippen molar-refractivity contribution in [2.24, 2.45) is 5.73 Å². The molecule has 1 saturated carbocycles. The summed E-state index contributed by atoms with van der Waals surface area (Å²) in [5, 5.41) is 0.903. The summed E-state index contributed by atoms with van der Waals surface area (Å²) >= 11 is 0. The normalized spacial score (nSPS) is 16.8. The first kappa shape index (κ1) is 11.8. The number of anilines is 2. The fraction of sp³-hybridized carbons (Fsp3) is 0.385. The van der Waals surface area contributed by atoms with Crippen LogP contribution in [0.5, 0.6) is 0 Å². The second-order valence-electron chi connectivity index (χ2n) is 4.93. The Morgan fingerprint density at radius 2 is 2.00 bits per heavy atom. The van der Waals surface area contributed by atoms with E-state index in [-0.39, 0.29) is 5.95 Å². The van der Waals surface area contributed by atoms with E-state index < -0.39 is 0 Å². The number of aromatic nitrogens is 3. The van der Waals surface area contributed by atoms with Crippen LogP contribution in [0.4, 0.5) is 11.8 Å². The predicted octanol–water partition coefficient (Wildman–Crippen LogP) is 1.64. The van der Waals surface area contributed by atoms with Crippen molar-refractivity contribution < 1.29 is 0 Å². The van der Waals surface area contributed by atoms with Gasteiger partial charge in [-0.1, -0.05) is 12.8 Å². The van der Waals surface area contributed by atoms with Crippen LogP contribution in [0.15, 0.2) is 12.4 Å².